The maximum Gasteiger partial charge on any atom is 0.264 e. The Kier molecular flexibility index (Phi) is 6.24. The number of para-hydroxylation sites is 1. The monoisotopic (exact) mass is 487 g/mol. The largest absolute Gasteiger partial charge is 0.390 e. The molecule has 1 amide bonds. The molecule has 4 rings (SSSR count). The van der Waals surface area contributed by atoms with Crippen LogP contribution in [0.3, 0.4) is 0 Å². The van der Waals surface area contributed by atoms with E-state index in [1.165, 1.54) is 17.4 Å². The normalized spacial score (nSPS) is 16.7. The van der Waals surface area contributed by atoms with Gasteiger partial charge in [0, 0.05) is 24.3 Å². The predicted octanol–water partition coefficient (Wildman–Crippen LogP) is 4.50. The number of piperidine rings is 1. The van der Waals surface area contributed by atoms with Gasteiger partial charge in [0.05, 0.1) is 15.8 Å². The van der Waals surface area contributed by atoms with Crippen molar-refractivity contribution in [3.63, 3.8) is 0 Å². The highest BCUT2D eigenvalue weighted by atomic mass is 32.2. The van der Waals surface area contributed by atoms with E-state index in [0.29, 0.717) is 49.1 Å². The summed E-state index contributed by atoms with van der Waals surface area (Å²) < 4.78 is 29.2. The molecule has 176 valence electrons. The number of fused-ring (bicyclic) bond motifs is 1. The van der Waals surface area contributed by atoms with Crippen LogP contribution in [0, 0.1) is 5.41 Å². The summed E-state index contributed by atoms with van der Waals surface area (Å²) in [6, 6.07) is 11.5. The molecule has 0 bridgehead atoms. The molecule has 1 aliphatic rings. The number of aromatic nitrogens is 1. The summed E-state index contributed by atoms with van der Waals surface area (Å²) in [5.41, 5.74) is 2.21. The molecular weight excluding hydrogens is 458 g/mol. The Labute approximate surface area is 198 Å². The molecule has 1 fully saturated rings. The standard InChI is InChI=1S/C24H29N3O4S2/c1-23(2,3)15-24(29)11-13-27(14-12-24)22(28)17-7-9-18(10-8-17)26-33(30,31)20-6-4-5-19-21(20)25-16-32-19/h4-10,16,26,29H,11-15H2,1-3H3. The van der Waals surface area contributed by atoms with E-state index in [0.717, 1.165) is 4.70 Å². The fourth-order valence-corrected chi connectivity index (χ4v) is 6.44. The van der Waals surface area contributed by atoms with E-state index >= 15 is 0 Å². The summed E-state index contributed by atoms with van der Waals surface area (Å²) >= 11 is 1.38. The fraction of sp³-hybridized carbons (Fsp3) is 0.417. The second-order valence-electron chi connectivity index (χ2n) is 9.89. The number of rotatable bonds is 5. The zero-order valence-electron chi connectivity index (χ0n) is 19.0. The van der Waals surface area contributed by atoms with Crippen LogP contribution in [-0.4, -0.2) is 48.0 Å². The molecular formula is C24H29N3O4S2. The van der Waals surface area contributed by atoms with Crippen LogP contribution in [0.25, 0.3) is 10.2 Å². The summed E-state index contributed by atoms with van der Waals surface area (Å²) in [6.45, 7) is 7.32. The van der Waals surface area contributed by atoms with Gasteiger partial charge in [-0.15, -0.1) is 11.3 Å². The molecule has 7 nitrogen and oxygen atoms in total. The highest BCUT2D eigenvalue weighted by molar-refractivity contribution is 7.93. The molecule has 1 aromatic heterocycles. The Morgan fingerprint density at radius 1 is 1.15 bits per heavy atom. The van der Waals surface area contributed by atoms with Crippen LogP contribution < -0.4 is 4.72 Å². The number of nitrogens with one attached hydrogen (secondary N) is 1. The Bertz CT molecular complexity index is 1250. The van der Waals surface area contributed by atoms with Crippen LogP contribution in [0.1, 0.15) is 50.4 Å². The lowest BCUT2D eigenvalue weighted by Crippen LogP contribution is -2.48. The van der Waals surface area contributed by atoms with E-state index < -0.39 is 15.6 Å². The van der Waals surface area contributed by atoms with Gasteiger partial charge in [0.25, 0.3) is 15.9 Å². The molecule has 1 aliphatic heterocycles. The van der Waals surface area contributed by atoms with Gasteiger partial charge in [0.15, 0.2) is 0 Å². The Morgan fingerprint density at radius 3 is 2.45 bits per heavy atom. The number of sulfonamides is 1. The number of likely N-dealkylation sites (tertiary alicyclic amines) is 1. The fourth-order valence-electron chi connectivity index (χ4n) is 4.44. The van der Waals surface area contributed by atoms with Gasteiger partial charge in [0.2, 0.25) is 0 Å². The van der Waals surface area contributed by atoms with Crippen molar-refractivity contribution in [1.29, 1.82) is 0 Å². The van der Waals surface area contributed by atoms with Crippen LogP contribution in [-0.2, 0) is 10.0 Å². The number of amides is 1. The first-order chi connectivity index (χ1) is 15.5. The van der Waals surface area contributed by atoms with E-state index in [1.54, 1.807) is 40.7 Å². The summed E-state index contributed by atoms with van der Waals surface area (Å²) in [5.74, 6) is -0.116. The number of carbonyl (C=O) groups is 1. The highest BCUT2D eigenvalue weighted by Gasteiger charge is 2.37. The van der Waals surface area contributed by atoms with Gasteiger partial charge in [-0.3, -0.25) is 9.52 Å². The molecule has 2 aromatic carbocycles. The number of benzene rings is 2. The van der Waals surface area contributed by atoms with Crippen LogP contribution in [0.15, 0.2) is 52.9 Å². The molecule has 0 saturated carbocycles. The quantitative estimate of drug-likeness (QED) is 0.552. The van der Waals surface area contributed by atoms with Crippen molar-refractivity contribution >= 4 is 43.2 Å². The third-order valence-electron chi connectivity index (χ3n) is 5.84. The number of anilines is 1. The van der Waals surface area contributed by atoms with Crippen LogP contribution in [0.5, 0.6) is 0 Å². The van der Waals surface area contributed by atoms with Gasteiger partial charge < -0.3 is 10.0 Å². The molecule has 3 aromatic rings. The average molecular weight is 488 g/mol. The van der Waals surface area contributed by atoms with Crippen LogP contribution in [0.2, 0.25) is 0 Å². The van der Waals surface area contributed by atoms with Crippen molar-refractivity contribution in [2.24, 2.45) is 5.41 Å². The van der Waals surface area contributed by atoms with E-state index in [9.17, 15) is 18.3 Å². The highest BCUT2D eigenvalue weighted by Crippen LogP contribution is 2.35. The van der Waals surface area contributed by atoms with Gasteiger partial charge in [0.1, 0.15) is 10.4 Å². The maximum absolute atomic E-state index is 12.9. The zero-order valence-corrected chi connectivity index (χ0v) is 20.7. The van der Waals surface area contributed by atoms with Crippen molar-refractivity contribution in [3.05, 3.63) is 53.5 Å². The Balaban J connectivity index is 1.42. The first kappa shape index (κ1) is 23.7. The van der Waals surface area contributed by atoms with E-state index in [4.69, 9.17) is 0 Å². The van der Waals surface area contributed by atoms with Gasteiger partial charge >= 0.3 is 0 Å². The minimum atomic E-state index is -3.82. The third kappa shape index (κ3) is 5.37. The van der Waals surface area contributed by atoms with Crippen molar-refractivity contribution in [2.75, 3.05) is 17.8 Å². The molecule has 0 radical (unpaired) electrons. The van der Waals surface area contributed by atoms with E-state index in [-0.39, 0.29) is 16.2 Å². The lowest BCUT2D eigenvalue weighted by Gasteiger charge is -2.41. The number of hydrogen-bond donors (Lipinski definition) is 2. The summed E-state index contributed by atoms with van der Waals surface area (Å²) in [6.07, 6.45) is 1.80. The van der Waals surface area contributed by atoms with Gasteiger partial charge in [-0.2, -0.15) is 0 Å². The van der Waals surface area contributed by atoms with Crippen molar-refractivity contribution in [1.82, 2.24) is 9.88 Å². The molecule has 2 N–H and O–H groups in total. The number of hydrogen-bond acceptors (Lipinski definition) is 6. The molecule has 9 heteroatoms. The minimum absolute atomic E-state index is 0.0229. The lowest BCUT2D eigenvalue weighted by atomic mass is 9.77. The zero-order chi connectivity index (χ0) is 23.9. The maximum atomic E-state index is 12.9. The minimum Gasteiger partial charge on any atom is -0.390 e. The summed E-state index contributed by atoms with van der Waals surface area (Å²) in [4.78, 5) is 19.0. The molecule has 0 aliphatic carbocycles. The Morgan fingerprint density at radius 2 is 1.82 bits per heavy atom. The van der Waals surface area contributed by atoms with Crippen molar-refractivity contribution < 1.29 is 18.3 Å². The third-order valence-corrected chi connectivity index (χ3v) is 8.04. The molecule has 0 unspecified atom stereocenters. The number of aliphatic hydroxyl groups is 1. The van der Waals surface area contributed by atoms with Crippen LogP contribution in [0.4, 0.5) is 5.69 Å². The predicted molar refractivity (Wildman–Crippen MR) is 131 cm³/mol. The molecule has 0 atom stereocenters. The molecule has 2 heterocycles. The average Bonchev–Trinajstić information content (AvgIpc) is 3.21. The first-order valence-corrected chi connectivity index (χ1v) is 13.3. The van der Waals surface area contributed by atoms with Crippen molar-refractivity contribution in [3.8, 4) is 0 Å². The van der Waals surface area contributed by atoms with E-state index in [2.05, 4.69) is 30.5 Å². The second-order valence-corrected chi connectivity index (χ2v) is 12.4. The number of thiazole rings is 1. The second kappa shape index (κ2) is 8.70. The smallest absolute Gasteiger partial charge is 0.264 e. The molecule has 1 saturated heterocycles. The SMILES string of the molecule is CC(C)(C)CC1(O)CCN(C(=O)c2ccc(NS(=O)(=O)c3cccc4scnc34)cc2)CC1. The number of carbonyl (C=O) groups excluding carboxylic acids is 1. The van der Waals surface area contributed by atoms with Crippen molar-refractivity contribution in [2.45, 2.75) is 50.5 Å². The number of nitrogens with zero attached hydrogens (tertiary/aromatic N) is 2. The Hall–Kier alpha value is -2.49. The van der Waals surface area contributed by atoms with E-state index in [1.807, 2.05) is 6.07 Å². The first-order valence-electron chi connectivity index (χ1n) is 10.9. The van der Waals surface area contributed by atoms with Crippen LogP contribution >= 0.6 is 11.3 Å². The summed E-state index contributed by atoms with van der Waals surface area (Å²) in [5, 5.41) is 10.9. The molecule has 33 heavy (non-hydrogen) atoms. The van der Waals surface area contributed by atoms with Gasteiger partial charge in [-0.05, 0) is 61.1 Å². The lowest BCUT2D eigenvalue weighted by molar-refractivity contribution is -0.0436. The summed E-state index contributed by atoms with van der Waals surface area (Å²) in [7, 11) is -3.82. The van der Waals surface area contributed by atoms with Gasteiger partial charge in [-0.25, -0.2) is 13.4 Å². The molecule has 0 spiro atoms. The van der Waals surface area contributed by atoms with Gasteiger partial charge in [-0.1, -0.05) is 26.8 Å². The topological polar surface area (TPSA) is 99.6 Å².